The van der Waals surface area contributed by atoms with Crippen LogP contribution in [-0.4, -0.2) is 31.6 Å². The predicted octanol–water partition coefficient (Wildman–Crippen LogP) is 1.83. The molecule has 4 nitrogen and oxygen atoms in total. The van der Waals surface area contributed by atoms with Gasteiger partial charge in [-0.15, -0.1) is 11.3 Å². The molecular weight excluding hydrogens is 252 g/mol. The van der Waals surface area contributed by atoms with Gasteiger partial charge in [0.05, 0.1) is 19.8 Å². The van der Waals surface area contributed by atoms with Gasteiger partial charge >= 0.3 is 5.97 Å². The van der Waals surface area contributed by atoms with Gasteiger partial charge in [-0.25, -0.2) is 0 Å². The van der Waals surface area contributed by atoms with Crippen LogP contribution in [0.15, 0.2) is 17.5 Å². The van der Waals surface area contributed by atoms with Gasteiger partial charge in [-0.3, -0.25) is 9.59 Å². The number of hydrogen-bond donors (Lipinski definition) is 0. The van der Waals surface area contributed by atoms with Gasteiger partial charge in [-0.1, -0.05) is 6.07 Å². The van der Waals surface area contributed by atoms with Crippen molar-refractivity contribution in [2.75, 3.05) is 19.8 Å². The summed E-state index contributed by atoms with van der Waals surface area (Å²) in [6.45, 7) is 2.54. The average Bonchev–Trinajstić information content (AvgIpc) is 2.85. The van der Waals surface area contributed by atoms with Crippen molar-refractivity contribution in [1.82, 2.24) is 0 Å². The first-order valence-corrected chi connectivity index (χ1v) is 6.87. The number of rotatable bonds is 4. The lowest BCUT2D eigenvalue weighted by Crippen LogP contribution is -2.49. The van der Waals surface area contributed by atoms with Gasteiger partial charge in [0.15, 0.2) is 11.2 Å². The lowest BCUT2D eigenvalue weighted by atomic mass is 9.78. The maximum atomic E-state index is 12.2. The second-order valence-electron chi connectivity index (χ2n) is 4.28. The molecule has 0 aliphatic carbocycles. The fourth-order valence-electron chi connectivity index (χ4n) is 2.11. The predicted molar refractivity (Wildman–Crippen MR) is 67.5 cm³/mol. The molecule has 0 spiro atoms. The summed E-state index contributed by atoms with van der Waals surface area (Å²) in [6, 6.07) is 3.83. The van der Waals surface area contributed by atoms with Crippen LogP contribution < -0.4 is 0 Å². The van der Waals surface area contributed by atoms with Crippen molar-refractivity contribution in [3.05, 3.63) is 22.4 Å². The molecule has 98 valence electrons. The zero-order chi connectivity index (χ0) is 13.0. The Morgan fingerprint density at radius 1 is 1.61 bits per heavy atom. The minimum absolute atomic E-state index is 0.0689. The summed E-state index contributed by atoms with van der Waals surface area (Å²) in [7, 11) is 0. The third-order valence-corrected chi connectivity index (χ3v) is 3.95. The van der Waals surface area contributed by atoms with Crippen molar-refractivity contribution in [2.24, 2.45) is 5.41 Å². The molecule has 0 saturated carbocycles. The molecule has 1 aromatic heterocycles. The van der Waals surface area contributed by atoms with Crippen molar-refractivity contribution in [3.63, 3.8) is 0 Å². The highest BCUT2D eigenvalue weighted by atomic mass is 32.1. The van der Waals surface area contributed by atoms with Crippen LogP contribution in [0.4, 0.5) is 0 Å². The first kappa shape index (κ1) is 13.2. The van der Waals surface area contributed by atoms with E-state index in [-0.39, 0.29) is 25.4 Å². The Labute approximate surface area is 110 Å². The van der Waals surface area contributed by atoms with Gasteiger partial charge in [0.1, 0.15) is 0 Å². The molecule has 1 aromatic rings. The minimum atomic E-state index is -1.14. The van der Waals surface area contributed by atoms with E-state index in [9.17, 15) is 9.59 Å². The van der Waals surface area contributed by atoms with E-state index < -0.39 is 11.4 Å². The van der Waals surface area contributed by atoms with Gasteiger partial charge in [0.25, 0.3) is 0 Å². The molecule has 2 heterocycles. The number of carbonyl (C=O) groups is 2. The van der Waals surface area contributed by atoms with Crippen LogP contribution in [0.3, 0.4) is 0 Å². The van der Waals surface area contributed by atoms with E-state index in [1.54, 1.807) is 6.92 Å². The standard InChI is InChI=1S/C13H16O4S/c1-2-17-12(15)13(8-10-4-3-7-18-10)9-16-6-5-11(13)14/h3-4,7H,2,5-6,8-9H2,1H3. The maximum absolute atomic E-state index is 12.2. The molecule has 1 aliphatic heterocycles. The quantitative estimate of drug-likeness (QED) is 0.617. The van der Waals surface area contributed by atoms with E-state index >= 15 is 0 Å². The normalized spacial score (nSPS) is 23.9. The van der Waals surface area contributed by atoms with Crippen molar-refractivity contribution < 1.29 is 19.1 Å². The highest BCUT2D eigenvalue weighted by molar-refractivity contribution is 7.09. The molecule has 0 N–H and O–H groups in total. The van der Waals surface area contributed by atoms with Crippen LogP contribution >= 0.6 is 11.3 Å². The van der Waals surface area contributed by atoms with E-state index in [4.69, 9.17) is 9.47 Å². The summed E-state index contributed by atoms with van der Waals surface area (Å²) in [5, 5.41) is 1.93. The molecule has 1 fully saturated rings. The Bertz CT molecular complexity index is 426. The third kappa shape index (κ3) is 2.47. The van der Waals surface area contributed by atoms with Gasteiger partial charge in [0.2, 0.25) is 0 Å². The number of thiophene rings is 1. The zero-order valence-electron chi connectivity index (χ0n) is 10.3. The lowest BCUT2D eigenvalue weighted by Gasteiger charge is -2.32. The molecule has 1 saturated heterocycles. The van der Waals surface area contributed by atoms with Gasteiger partial charge < -0.3 is 9.47 Å². The third-order valence-electron chi connectivity index (χ3n) is 3.08. The molecular formula is C13H16O4S. The Morgan fingerprint density at radius 3 is 3.06 bits per heavy atom. The van der Waals surface area contributed by atoms with Crippen molar-refractivity contribution >= 4 is 23.1 Å². The number of Topliss-reactive ketones (excluding diaryl/α,β-unsaturated/α-hetero) is 1. The minimum Gasteiger partial charge on any atom is -0.465 e. The number of hydrogen-bond acceptors (Lipinski definition) is 5. The van der Waals surface area contributed by atoms with Gasteiger partial charge in [0, 0.05) is 17.7 Å². The Balaban J connectivity index is 2.26. The van der Waals surface area contributed by atoms with E-state index in [0.29, 0.717) is 13.0 Å². The molecule has 0 amide bonds. The first-order chi connectivity index (χ1) is 8.69. The maximum Gasteiger partial charge on any atom is 0.322 e. The second kappa shape index (κ2) is 5.63. The largest absolute Gasteiger partial charge is 0.465 e. The summed E-state index contributed by atoms with van der Waals surface area (Å²) >= 11 is 1.54. The molecule has 0 bridgehead atoms. The Morgan fingerprint density at radius 2 is 2.44 bits per heavy atom. The number of esters is 1. The number of carbonyl (C=O) groups excluding carboxylic acids is 2. The highest BCUT2D eigenvalue weighted by Crippen LogP contribution is 2.32. The monoisotopic (exact) mass is 268 g/mol. The second-order valence-corrected chi connectivity index (χ2v) is 5.32. The summed E-state index contributed by atoms with van der Waals surface area (Å²) in [6.07, 6.45) is 0.659. The van der Waals surface area contributed by atoms with Crippen LogP contribution in [0.1, 0.15) is 18.2 Å². The fraction of sp³-hybridized carbons (Fsp3) is 0.538. The summed E-state index contributed by atoms with van der Waals surface area (Å²) in [5.74, 6) is -0.524. The summed E-state index contributed by atoms with van der Waals surface area (Å²) < 4.78 is 10.4. The lowest BCUT2D eigenvalue weighted by molar-refractivity contribution is -0.169. The molecule has 1 aliphatic rings. The van der Waals surface area contributed by atoms with Crippen LogP contribution in [0.25, 0.3) is 0 Å². The van der Waals surface area contributed by atoms with E-state index in [2.05, 4.69) is 0 Å². The van der Waals surface area contributed by atoms with E-state index in [1.807, 2.05) is 17.5 Å². The van der Waals surface area contributed by atoms with Crippen molar-refractivity contribution in [1.29, 1.82) is 0 Å². The number of ketones is 1. The molecule has 0 radical (unpaired) electrons. The average molecular weight is 268 g/mol. The highest BCUT2D eigenvalue weighted by Gasteiger charge is 2.49. The molecule has 0 aromatic carbocycles. The van der Waals surface area contributed by atoms with Crippen LogP contribution in [0.5, 0.6) is 0 Å². The number of ether oxygens (including phenoxy) is 2. The van der Waals surface area contributed by atoms with Crippen molar-refractivity contribution in [2.45, 2.75) is 19.8 Å². The Hall–Kier alpha value is -1.20. The van der Waals surface area contributed by atoms with Gasteiger partial charge in [-0.05, 0) is 18.4 Å². The Kier molecular flexibility index (Phi) is 4.14. The summed E-state index contributed by atoms with van der Waals surface area (Å²) in [4.78, 5) is 25.3. The van der Waals surface area contributed by atoms with Crippen LogP contribution in [-0.2, 0) is 25.5 Å². The topological polar surface area (TPSA) is 52.6 Å². The first-order valence-electron chi connectivity index (χ1n) is 5.99. The molecule has 1 atom stereocenters. The van der Waals surface area contributed by atoms with Crippen LogP contribution in [0.2, 0.25) is 0 Å². The molecule has 18 heavy (non-hydrogen) atoms. The summed E-state index contributed by atoms with van der Waals surface area (Å²) in [5.41, 5.74) is -1.14. The van der Waals surface area contributed by atoms with Crippen molar-refractivity contribution in [3.8, 4) is 0 Å². The zero-order valence-corrected chi connectivity index (χ0v) is 11.1. The molecule has 2 rings (SSSR count). The molecule has 5 heteroatoms. The van der Waals surface area contributed by atoms with Crippen LogP contribution in [0, 0.1) is 5.41 Å². The van der Waals surface area contributed by atoms with Gasteiger partial charge in [-0.2, -0.15) is 0 Å². The smallest absolute Gasteiger partial charge is 0.322 e. The molecule has 1 unspecified atom stereocenters. The van der Waals surface area contributed by atoms with E-state index in [1.165, 1.54) is 11.3 Å². The van der Waals surface area contributed by atoms with E-state index in [0.717, 1.165) is 4.88 Å². The SMILES string of the molecule is CCOC(=O)C1(Cc2cccs2)COCCC1=O. The fourth-order valence-corrected chi connectivity index (χ4v) is 2.92.